The van der Waals surface area contributed by atoms with Crippen molar-refractivity contribution in [2.24, 2.45) is 0 Å². The van der Waals surface area contributed by atoms with Crippen molar-refractivity contribution in [1.82, 2.24) is 5.32 Å². The minimum absolute atomic E-state index is 0.0161. The lowest BCUT2D eigenvalue weighted by Gasteiger charge is -2.15. The molecule has 0 unspecified atom stereocenters. The molecule has 0 saturated carbocycles. The Morgan fingerprint density at radius 3 is 2.11 bits per heavy atom. The molecule has 5 heteroatoms. The highest BCUT2D eigenvalue weighted by atomic mass is 16.5. The summed E-state index contributed by atoms with van der Waals surface area (Å²) in [5, 5.41) is 2.85. The Labute approximate surface area is 113 Å². The number of benzene rings is 1. The minimum Gasteiger partial charge on any atom is -0.496 e. The molecule has 5 nitrogen and oxygen atoms in total. The van der Waals surface area contributed by atoms with Crippen molar-refractivity contribution in [3.63, 3.8) is 0 Å². The quantitative estimate of drug-likeness (QED) is 0.822. The molecule has 19 heavy (non-hydrogen) atoms. The van der Waals surface area contributed by atoms with E-state index in [0.717, 1.165) is 12.0 Å². The van der Waals surface area contributed by atoms with Gasteiger partial charge in [0.1, 0.15) is 17.2 Å². The van der Waals surface area contributed by atoms with Crippen LogP contribution in [0.15, 0.2) is 12.1 Å². The smallest absolute Gasteiger partial charge is 0.220 e. The van der Waals surface area contributed by atoms with Gasteiger partial charge in [-0.1, -0.05) is 6.92 Å². The van der Waals surface area contributed by atoms with Gasteiger partial charge in [-0.15, -0.1) is 0 Å². The average molecular weight is 267 g/mol. The van der Waals surface area contributed by atoms with E-state index in [-0.39, 0.29) is 5.91 Å². The van der Waals surface area contributed by atoms with Gasteiger partial charge in [-0.05, 0) is 6.42 Å². The van der Waals surface area contributed by atoms with Crippen molar-refractivity contribution in [3.8, 4) is 17.2 Å². The molecule has 106 valence electrons. The van der Waals surface area contributed by atoms with Gasteiger partial charge in [0.15, 0.2) is 0 Å². The number of carbonyl (C=O) groups is 1. The van der Waals surface area contributed by atoms with E-state index < -0.39 is 0 Å². The van der Waals surface area contributed by atoms with E-state index in [0.29, 0.717) is 30.2 Å². The second kappa shape index (κ2) is 7.51. The first-order chi connectivity index (χ1) is 9.15. The van der Waals surface area contributed by atoms with Crippen LogP contribution in [0.3, 0.4) is 0 Å². The minimum atomic E-state index is 0.0161. The van der Waals surface area contributed by atoms with E-state index in [4.69, 9.17) is 14.2 Å². The van der Waals surface area contributed by atoms with Crippen molar-refractivity contribution >= 4 is 5.91 Å². The molecule has 1 N–H and O–H groups in total. The van der Waals surface area contributed by atoms with Crippen LogP contribution in [0.25, 0.3) is 0 Å². The molecule has 0 aromatic heterocycles. The largest absolute Gasteiger partial charge is 0.496 e. The summed E-state index contributed by atoms with van der Waals surface area (Å²) in [6, 6.07) is 3.54. The summed E-state index contributed by atoms with van der Waals surface area (Å²) in [5.41, 5.74) is 0.801. The molecule has 0 radical (unpaired) electrons. The van der Waals surface area contributed by atoms with Gasteiger partial charge in [0.25, 0.3) is 0 Å². The zero-order valence-electron chi connectivity index (χ0n) is 11.9. The molecule has 0 heterocycles. The maximum Gasteiger partial charge on any atom is 0.220 e. The molecule has 0 saturated heterocycles. The van der Waals surface area contributed by atoms with E-state index >= 15 is 0 Å². The number of nitrogens with one attached hydrogen (secondary N) is 1. The van der Waals surface area contributed by atoms with Crippen molar-refractivity contribution in [1.29, 1.82) is 0 Å². The van der Waals surface area contributed by atoms with Crippen molar-refractivity contribution in [2.45, 2.75) is 26.3 Å². The van der Waals surface area contributed by atoms with Gasteiger partial charge in [0.2, 0.25) is 5.91 Å². The molecule has 1 amide bonds. The number of hydrogen-bond acceptors (Lipinski definition) is 4. The number of methoxy groups -OCH3 is 3. The second-order valence-electron chi connectivity index (χ2n) is 4.04. The molecule has 0 aliphatic rings. The Hall–Kier alpha value is -1.91. The molecule has 0 aliphatic carbocycles. The van der Waals surface area contributed by atoms with Crippen molar-refractivity contribution < 1.29 is 19.0 Å². The number of carbonyl (C=O) groups excluding carboxylic acids is 1. The lowest BCUT2D eigenvalue weighted by Crippen LogP contribution is -2.22. The van der Waals surface area contributed by atoms with Crippen molar-refractivity contribution in [3.05, 3.63) is 17.7 Å². The van der Waals surface area contributed by atoms with Gasteiger partial charge in [-0.25, -0.2) is 0 Å². The van der Waals surface area contributed by atoms with Gasteiger partial charge in [0.05, 0.1) is 33.4 Å². The summed E-state index contributed by atoms with van der Waals surface area (Å²) in [7, 11) is 4.73. The maximum atomic E-state index is 11.5. The number of amides is 1. The van der Waals surface area contributed by atoms with E-state index in [2.05, 4.69) is 5.32 Å². The fraction of sp³-hybridized carbons (Fsp3) is 0.500. The normalized spacial score (nSPS) is 9.89. The van der Waals surface area contributed by atoms with Crippen LogP contribution in [0.2, 0.25) is 0 Å². The number of ether oxygens (including phenoxy) is 3. The van der Waals surface area contributed by atoms with Crippen LogP contribution < -0.4 is 19.5 Å². The van der Waals surface area contributed by atoms with Crippen LogP contribution in [-0.2, 0) is 11.3 Å². The van der Waals surface area contributed by atoms with Gasteiger partial charge >= 0.3 is 0 Å². The Morgan fingerprint density at radius 1 is 1.11 bits per heavy atom. The Balaban J connectivity index is 2.94. The third kappa shape index (κ3) is 4.05. The first-order valence-electron chi connectivity index (χ1n) is 6.21. The molecule has 1 aromatic carbocycles. The zero-order chi connectivity index (χ0) is 14.3. The first-order valence-corrected chi connectivity index (χ1v) is 6.21. The van der Waals surface area contributed by atoms with Crippen LogP contribution in [0.1, 0.15) is 25.3 Å². The summed E-state index contributed by atoms with van der Waals surface area (Å²) < 4.78 is 15.8. The van der Waals surface area contributed by atoms with Crippen LogP contribution in [0.4, 0.5) is 0 Å². The van der Waals surface area contributed by atoms with E-state index in [1.807, 2.05) is 6.92 Å². The van der Waals surface area contributed by atoms with E-state index in [1.54, 1.807) is 33.5 Å². The van der Waals surface area contributed by atoms with E-state index in [1.165, 1.54) is 0 Å². The lowest BCUT2D eigenvalue weighted by atomic mass is 10.1. The molecule has 0 aliphatic heterocycles. The lowest BCUT2D eigenvalue weighted by molar-refractivity contribution is -0.121. The fourth-order valence-corrected chi connectivity index (χ4v) is 1.75. The molecule has 1 aromatic rings. The topological polar surface area (TPSA) is 56.8 Å². The Kier molecular flexibility index (Phi) is 5.99. The van der Waals surface area contributed by atoms with Gasteiger partial charge < -0.3 is 19.5 Å². The standard InChI is InChI=1S/C14H21NO4/c1-5-6-14(16)15-9-11-12(18-3)7-10(17-2)8-13(11)19-4/h7-8H,5-6,9H2,1-4H3,(H,15,16). The zero-order valence-corrected chi connectivity index (χ0v) is 11.9. The predicted molar refractivity (Wildman–Crippen MR) is 72.9 cm³/mol. The summed E-state index contributed by atoms with van der Waals surface area (Å²) in [5.74, 6) is 1.93. The third-order valence-electron chi connectivity index (χ3n) is 2.76. The van der Waals surface area contributed by atoms with Crippen molar-refractivity contribution in [2.75, 3.05) is 21.3 Å². The molecule has 0 spiro atoms. The molecule has 0 fully saturated rings. The maximum absolute atomic E-state index is 11.5. The molecule has 0 bridgehead atoms. The van der Waals surface area contributed by atoms with Crippen LogP contribution in [0, 0.1) is 0 Å². The number of rotatable bonds is 7. The highest BCUT2D eigenvalue weighted by Crippen LogP contribution is 2.33. The van der Waals surface area contributed by atoms with Gasteiger partial charge in [-0.2, -0.15) is 0 Å². The summed E-state index contributed by atoms with van der Waals surface area (Å²) in [6.07, 6.45) is 1.34. The summed E-state index contributed by atoms with van der Waals surface area (Å²) in [6.45, 7) is 2.34. The highest BCUT2D eigenvalue weighted by Gasteiger charge is 2.13. The van der Waals surface area contributed by atoms with Gasteiger partial charge in [0, 0.05) is 18.6 Å². The summed E-state index contributed by atoms with van der Waals surface area (Å²) >= 11 is 0. The second-order valence-corrected chi connectivity index (χ2v) is 4.04. The summed E-state index contributed by atoms with van der Waals surface area (Å²) in [4.78, 5) is 11.5. The third-order valence-corrected chi connectivity index (χ3v) is 2.76. The van der Waals surface area contributed by atoms with E-state index in [9.17, 15) is 4.79 Å². The fourth-order valence-electron chi connectivity index (χ4n) is 1.75. The molecule has 1 rings (SSSR count). The molecular weight excluding hydrogens is 246 g/mol. The van der Waals surface area contributed by atoms with Crippen LogP contribution >= 0.6 is 0 Å². The monoisotopic (exact) mass is 267 g/mol. The Morgan fingerprint density at radius 2 is 1.68 bits per heavy atom. The predicted octanol–water partition coefficient (Wildman–Crippen LogP) is 2.13. The highest BCUT2D eigenvalue weighted by molar-refractivity contribution is 5.76. The molecular formula is C14H21NO4. The first kappa shape index (κ1) is 15.1. The SMILES string of the molecule is CCCC(=O)NCc1c(OC)cc(OC)cc1OC. The molecule has 0 atom stereocenters. The van der Waals surface area contributed by atoms with Crippen LogP contribution in [0.5, 0.6) is 17.2 Å². The number of hydrogen-bond donors (Lipinski definition) is 1. The average Bonchev–Trinajstić information content (AvgIpc) is 2.44. The van der Waals surface area contributed by atoms with Crippen LogP contribution in [-0.4, -0.2) is 27.2 Å². The van der Waals surface area contributed by atoms with Gasteiger partial charge in [-0.3, -0.25) is 4.79 Å². The Bertz CT molecular complexity index is 406.